The Morgan fingerprint density at radius 3 is 2.35 bits per heavy atom. The SMILES string of the molecule is CS(=O)(=O)NCCNC(=O)NC1(C(=O)O)CCOCC1. The summed E-state index contributed by atoms with van der Waals surface area (Å²) in [6, 6.07) is -0.649. The lowest BCUT2D eigenvalue weighted by Crippen LogP contribution is -2.60. The number of urea groups is 1. The Morgan fingerprint density at radius 1 is 1.25 bits per heavy atom. The van der Waals surface area contributed by atoms with E-state index in [0.29, 0.717) is 0 Å². The molecule has 1 saturated heterocycles. The number of hydrogen-bond acceptors (Lipinski definition) is 5. The molecule has 0 bridgehead atoms. The molecule has 1 heterocycles. The Kier molecular flexibility index (Phi) is 5.72. The molecular formula is C10H19N3O6S. The second-order valence-electron chi connectivity index (χ2n) is 4.55. The Labute approximate surface area is 117 Å². The van der Waals surface area contributed by atoms with Gasteiger partial charge in [0.1, 0.15) is 5.54 Å². The van der Waals surface area contributed by atoms with Crippen LogP contribution in [0.5, 0.6) is 0 Å². The quantitative estimate of drug-likeness (QED) is 0.440. The van der Waals surface area contributed by atoms with Crippen LogP contribution >= 0.6 is 0 Å². The van der Waals surface area contributed by atoms with E-state index in [9.17, 15) is 23.1 Å². The standard InChI is InChI=1S/C10H19N3O6S/c1-20(17,18)12-5-4-11-9(16)13-10(8(14)15)2-6-19-7-3-10/h12H,2-7H2,1H3,(H,14,15)(H2,11,13,16). The predicted octanol–water partition coefficient (Wildman–Crippen LogP) is -1.53. The van der Waals surface area contributed by atoms with Gasteiger partial charge in [-0.25, -0.2) is 22.7 Å². The summed E-state index contributed by atoms with van der Waals surface area (Å²) in [5, 5.41) is 14.0. The monoisotopic (exact) mass is 309 g/mol. The van der Waals surface area contributed by atoms with Gasteiger partial charge in [-0.2, -0.15) is 0 Å². The molecule has 4 N–H and O–H groups in total. The molecular weight excluding hydrogens is 290 g/mol. The molecule has 1 fully saturated rings. The summed E-state index contributed by atoms with van der Waals surface area (Å²) in [7, 11) is -3.31. The van der Waals surface area contributed by atoms with E-state index in [-0.39, 0.29) is 39.1 Å². The predicted molar refractivity (Wildman–Crippen MR) is 69.8 cm³/mol. The van der Waals surface area contributed by atoms with Gasteiger partial charge < -0.3 is 20.5 Å². The van der Waals surface area contributed by atoms with Gasteiger partial charge in [0.15, 0.2) is 0 Å². The number of aliphatic carboxylic acids is 1. The van der Waals surface area contributed by atoms with Gasteiger partial charge >= 0.3 is 12.0 Å². The minimum absolute atomic E-state index is 0.0371. The zero-order chi connectivity index (χ0) is 15.2. The largest absolute Gasteiger partial charge is 0.480 e. The minimum atomic E-state index is -3.31. The lowest BCUT2D eigenvalue weighted by atomic mass is 9.90. The summed E-state index contributed by atoms with van der Waals surface area (Å²) in [6.07, 6.45) is 1.39. The highest BCUT2D eigenvalue weighted by Gasteiger charge is 2.41. The summed E-state index contributed by atoms with van der Waals surface area (Å²) >= 11 is 0. The number of carboxylic acids is 1. The topological polar surface area (TPSA) is 134 Å². The third-order valence-corrected chi connectivity index (χ3v) is 3.61. The first-order chi connectivity index (χ1) is 9.25. The fourth-order valence-electron chi connectivity index (χ4n) is 1.79. The molecule has 0 unspecified atom stereocenters. The normalized spacial score (nSPS) is 18.2. The van der Waals surface area contributed by atoms with Crippen LogP contribution in [0.25, 0.3) is 0 Å². The molecule has 0 aromatic rings. The zero-order valence-electron chi connectivity index (χ0n) is 11.1. The van der Waals surface area contributed by atoms with Gasteiger partial charge in [-0.1, -0.05) is 0 Å². The van der Waals surface area contributed by atoms with Gasteiger partial charge in [-0.15, -0.1) is 0 Å². The molecule has 20 heavy (non-hydrogen) atoms. The fraction of sp³-hybridized carbons (Fsp3) is 0.800. The highest BCUT2D eigenvalue weighted by molar-refractivity contribution is 7.88. The molecule has 0 spiro atoms. The third kappa shape index (κ3) is 5.31. The van der Waals surface area contributed by atoms with E-state index >= 15 is 0 Å². The van der Waals surface area contributed by atoms with Gasteiger partial charge in [0.25, 0.3) is 0 Å². The van der Waals surface area contributed by atoms with Crippen LogP contribution in [-0.2, 0) is 19.6 Å². The number of sulfonamides is 1. The molecule has 2 amide bonds. The number of carbonyl (C=O) groups is 2. The smallest absolute Gasteiger partial charge is 0.329 e. The van der Waals surface area contributed by atoms with Crippen molar-refractivity contribution in [3.8, 4) is 0 Å². The van der Waals surface area contributed by atoms with Crippen molar-refractivity contribution in [2.24, 2.45) is 0 Å². The van der Waals surface area contributed by atoms with Crippen LogP contribution in [0.15, 0.2) is 0 Å². The summed E-state index contributed by atoms with van der Waals surface area (Å²) in [6.45, 7) is 0.630. The van der Waals surface area contributed by atoms with Crippen LogP contribution < -0.4 is 15.4 Å². The van der Waals surface area contributed by atoms with Crippen LogP contribution in [0, 0.1) is 0 Å². The van der Waals surface area contributed by atoms with E-state index in [0.717, 1.165) is 6.26 Å². The minimum Gasteiger partial charge on any atom is -0.480 e. The molecule has 1 aliphatic rings. The van der Waals surface area contributed by atoms with E-state index in [1.54, 1.807) is 0 Å². The Bertz CT molecular complexity index is 458. The van der Waals surface area contributed by atoms with Crippen molar-refractivity contribution in [2.45, 2.75) is 18.4 Å². The van der Waals surface area contributed by atoms with E-state index in [2.05, 4.69) is 15.4 Å². The molecule has 9 nitrogen and oxygen atoms in total. The summed E-state index contributed by atoms with van der Waals surface area (Å²) in [5.74, 6) is -1.11. The van der Waals surface area contributed by atoms with Crippen molar-refractivity contribution in [1.29, 1.82) is 0 Å². The van der Waals surface area contributed by atoms with E-state index in [1.165, 1.54) is 0 Å². The van der Waals surface area contributed by atoms with E-state index in [1.807, 2.05) is 0 Å². The summed E-state index contributed by atoms with van der Waals surface area (Å²) in [5.41, 5.74) is -1.33. The lowest BCUT2D eigenvalue weighted by molar-refractivity contribution is -0.148. The van der Waals surface area contributed by atoms with Crippen LogP contribution in [0.4, 0.5) is 4.79 Å². The average molecular weight is 309 g/mol. The maximum absolute atomic E-state index is 11.6. The first kappa shape index (κ1) is 16.7. The first-order valence-corrected chi connectivity index (χ1v) is 7.96. The highest BCUT2D eigenvalue weighted by atomic mass is 32.2. The van der Waals surface area contributed by atoms with Gasteiger partial charge in [0.05, 0.1) is 6.26 Å². The van der Waals surface area contributed by atoms with E-state index < -0.39 is 27.6 Å². The van der Waals surface area contributed by atoms with E-state index in [4.69, 9.17) is 4.74 Å². The number of nitrogens with one attached hydrogen (secondary N) is 3. The number of ether oxygens (including phenoxy) is 1. The Morgan fingerprint density at radius 2 is 1.85 bits per heavy atom. The number of hydrogen-bond donors (Lipinski definition) is 4. The lowest BCUT2D eigenvalue weighted by Gasteiger charge is -2.33. The number of carbonyl (C=O) groups excluding carboxylic acids is 1. The number of carboxylic acid groups (broad SMARTS) is 1. The third-order valence-electron chi connectivity index (χ3n) is 2.88. The molecule has 1 aliphatic heterocycles. The van der Waals surface area contributed by atoms with Crippen molar-refractivity contribution in [2.75, 3.05) is 32.6 Å². The summed E-state index contributed by atoms with van der Waals surface area (Å²) in [4.78, 5) is 22.9. The van der Waals surface area contributed by atoms with Crippen LogP contribution in [-0.4, -0.2) is 63.6 Å². The molecule has 10 heteroatoms. The van der Waals surface area contributed by atoms with Gasteiger partial charge in [-0.3, -0.25) is 0 Å². The second kappa shape index (κ2) is 6.86. The molecule has 0 saturated carbocycles. The molecule has 116 valence electrons. The van der Waals surface area contributed by atoms with Crippen molar-refractivity contribution < 1.29 is 27.9 Å². The maximum atomic E-state index is 11.6. The van der Waals surface area contributed by atoms with Gasteiger partial charge in [0, 0.05) is 39.1 Å². The van der Waals surface area contributed by atoms with Gasteiger partial charge in [0.2, 0.25) is 10.0 Å². The van der Waals surface area contributed by atoms with Crippen molar-refractivity contribution in [3.63, 3.8) is 0 Å². The molecule has 0 aromatic carbocycles. The van der Waals surface area contributed by atoms with Crippen LogP contribution in [0.1, 0.15) is 12.8 Å². The summed E-state index contributed by atoms with van der Waals surface area (Å²) < 4.78 is 28.9. The Hall–Kier alpha value is -1.39. The highest BCUT2D eigenvalue weighted by Crippen LogP contribution is 2.20. The fourth-order valence-corrected chi connectivity index (χ4v) is 2.26. The Balaban J connectivity index is 2.41. The molecule has 1 rings (SSSR count). The number of amides is 2. The van der Waals surface area contributed by atoms with Crippen LogP contribution in [0.3, 0.4) is 0 Å². The maximum Gasteiger partial charge on any atom is 0.329 e. The molecule has 0 aliphatic carbocycles. The van der Waals surface area contributed by atoms with Crippen molar-refractivity contribution in [1.82, 2.24) is 15.4 Å². The first-order valence-electron chi connectivity index (χ1n) is 6.07. The molecule has 0 aromatic heterocycles. The van der Waals surface area contributed by atoms with Crippen LogP contribution in [0.2, 0.25) is 0 Å². The average Bonchev–Trinajstić information content (AvgIpc) is 2.34. The van der Waals surface area contributed by atoms with Gasteiger partial charge in [-0.05, 0) is 0 Å². The molecule has 0 atom stereocenters. The number of rotatable bonds is 6. The molecule has 0 radical (unpaired) electrons. The van der Waals surface area contributed by atoms with Crippen molar-refractivity contribution >= 4 is 22.0 Å². The second-order valence-corrected chi connectivity index (χ2v) is 6.38. The van der Waals surface area contributed by atoms with Crippen molar-refractivity contribution in [3.05, 3.63) is 0 Å². The zero-order valence-corrected chi connectivity index (χ0v) is 12.0.